The number of rotatable bonds is 11. The quantitative estimate of drug-likeness (QED) is 0.268. The zero-order valence-corrected chi connectivity index (χ0v) is 15.6. The summed E-state index contributed by atoms with van der Waals surface area (Å²) in [7, 11) is 0. The number of hydrogen-bond acceptors (Lipinski definition) is 5. The van der Waals surface area contributed by atoms with Crippen molar-refractivity contribution in [3.05, 3.63) is 40.0 Å². The second kappa shape index (κ2) is 10.6. The number of allylic oxidation sites excluding steroid dienone is 1. The van der Waals surface area contributed by atoms with Gasteiger partial charge in [-0.2, -0.15) is 0 Å². The molecule has 0 atom stereocenters. The number of carbonyl (C=O) groups is 1. The van der Waals surface area contributed by atoms with Crippen LogP contribution in [0.3, 0.4) is 0 Å². The van der Waals surface area contributed by atoms with Gasteiger partial charge < -0.3 is 15.1 Å². The Morgan fingerprint density at radius 3 is 2.54 bits per heavy atom. The van der Waals surface area contributed by atoms with Gasteiger partial charge in [0, 0.05) is 31.8 Å². The van der Waals surface area contributed by atoms with Crippen molar-refractivity contribution >= 4 is 22.9 Å². The minimum absolute atomic E-state index is 0.0246. The zero-order chi connectivity index (χ0) is 19.7. The fourth-order valence-electron chi connectivity index (χ4n) is 2.79. The highest BCUT2D eigenvalue weighted by Crippen LogP contribution is 2.32. The van der Waals surface area contributed by atoms with Gasteiger partial charge in [0.25, 0.3) is 5.69 Å². The molecule has 7 heteroatoms. The van der Waals surface area contributed by atoms with Gasteiger partial charge in [0.1, 0.15) is 5.69 Å². The summed E-state index contributed by atoms with van der Waals surface area (Å²) in [5.41, 5.74) is 1.50. The standard InChI is InChI=1S/C19H28N2O5/c1-14(2)13-20(9-5-4-6-10-22)17-8-7-16(12-18(17)21(25)26)15(3)11-19(23)24/h7-8,11-12,14,22H,4-6,9-10,13H2,1-3H3,(H,23,24)/b15-11+. The number of carboxylic acid groups (broad SMARTS) is 1. The van der Waals surface area contributed by atoms with Crippen LogP contribution in [0.4, 0.5) is 11.4 Å². The molecule has 0 aliphatic rings. The molecule has 26 heavy (non-hydrogen) atoms. The minimum atomic E-state index is -1.08. The average molecular weight is 364 g/mol. The summed E-state index contributed by atoms with van der Waals surface area (Å²) in [5, 5.41) is 29.4. The highest BCUT2D eigenvalue weighted by Gasteiger charge is 2.21. The van der Waals surface area contributed by atoms with Crippen LogP contribution in [-0.2, 0) is 4.79 Å². The summed E-state index contributed by atoms with van der Waals surface area (Å²) >= 11 is 0. The van der Waals surface area contributed by atoms with Crippen LogP contribution in [0.5, 0.6) is 0 Å². The van der Waals surface area contributed by atoms with Crippen molar-refractivity contribution in [1.82, 2.24) is 0 Å². The highest BCUT2D eigenvalue weighted by atomic mass is 16.6. The van der Waals surface area contributed by atoms with Crippen LogP contribution in [0, 0.1) is 16.0 Å². The monoisotopic (exact) mass is 364 g/mol. The summed E-state index contributed by atoms with van der Waals surface area (Å²) in [6, 6.07) is 4.85. The molecule has 0 radical (unpaired) electrons. The number of nitrogens with zero attached hydrogens (tertiary/aromatic N) is 2. The third-order valence-corrected chi connectivity index (χ3v) is 3.98. The lowest BCUT2D eigenvalue weighted by molar-refractivity contribution is -0.384. The summed E-state index contributed by atoms with van der Waals surface area (Å²) in [6.45, 7) is 7.23. The molecule has 0 heterocycles. The second-order valence-electron chi connectivity index (χ2n) is 6.75. The number of carboxylic acids is 1. The van der Waals surface area contributed by atoms with E-state index in [4.69, 9.17) is 10.2 Å². The molecule has 0 aliphatic carbocycles. The van der Waals surface area contributed by atoms with Gasteiger partial charge in [0.15, 0.2) is 0 Å². The topological polar surface area (TPSA) is 104 Å². The first kappa shape index (κ1) is 21.6. The Kier molecular flexibility index (Phi) is 8.78. The molecule has 0 saturated carbocycles. The van der Waals surface area contributed by atoms with Gasteiger partial charge in [-0.25, -0.2) is 4.79 Å². The molecule has 1 aromatic rings. The van der Waals surface area contributed by atoms with Crippen LogP contribution in [0.15, 0.2) is 24.3 Å². The van der Waals surface area contributed by atoms with E-state index in [2.05, 4.69) is 13.8 Å². The number of unbranched alkanes of at least 4 members (excludes halogenated alkanes) is 2. The number of aliphatic hydroxyl groups excluding tert-OH is 1. The summed E-state index contributed by atoms with van der Waals surface area (Å²) in [5.74, 6) is -0.750. The smallest absolute Gasteiger partial charge is 0.328 e. The summed E-state index contributed by atoms with van der Waals surface area (Å²) in [4.78, 5) is 24.0. The minimum Gasteiger partial charge on any atom is -0.478 e. The van der Waals surface area contributed by atoms with Gasteiger partial charge in [0.05, 0.1) is 4.92 Å². The number of nitro benzene ring substituents is 1. The molecule has 0 unspecified atom stereocenters. The average Bonchev–Trinajstić information content (AvgIpc) is 2.56. The molecule has 0 spiro atoms. The molecular weight excluding hydrogens is 336 g/mol. The van der Waals surface area contributed by atoms with Crippen molar-refractivity contribution < 1.29 is 19.9 Å². The Morgan fingerprint density at radius 1 is 1.31 bits per heavy atom. The number of aliphatic hydroxyl groups is 1. The fraction of sp³-hybridized carbons (Fsp3) is 0.526. The number of benzene rings is 1. The Balaban J connectivity index is 3.19. The Hall–Kier alpha value is -2.41. The van der Waals surface area contributed by atoms with Gasteiger partial charge in [-0.1, -0.05) is 19.9 Å². The Morgan fingerprint density at radius 2 is 2.00 bits per heavy atom. The first-order chi connectivity index (χ1) is 12.3. The van der Waals surface area contributed by atoms with E-state index in [-0.39, 0.29) is 12.3 Å². The largest absolute Gasteiger partial charge is 0.478 e. The predicted molar refractivity (Wildman–Crippen MR) is 102 cm³/mol. The van der Waals surface area contributed by atoms with Crippen LogP contribution in [0.25, 0.3) is 5.57 Å². The Bertz CT molecular complexity index is 655. The fourth-order valence-corrected chi connectivity index (χ4v) is 2.79. The maximum atomic E-state index is 11.6. The van der Waals surface area contributed by atoms with Crippen LogP contribution >= 0.6 is 0 Å². The van der Waals surface area contributed by atoms with Crippen molar-refractivity contribution in [3.8, 4) is 0 Å². The third-order valence-electron chi connectivity index (χ3n) is 3.98. The lowest BCUT2D eigenvalue weighted by Crippen LogP contribution is -2.29. The molecule has 0 aliphatic heterocycles. The molecule has 0 amide bonds. The van der Waals surface area contributed by atoms with Gasteiger partial charge in [-0.3, -0.25) is 10.1 Å². The molecule has 144 valence electrons. The van der Waals surface area contributed by atoms with E-state index in [1.807, 2.05) is 4.90 Å². The van der Waals surface area contributed by atoms with Crippen LogP contribution in [-0.4, -0.2) is 40.8 Å². The maximum Gasteiger partial charge on any atom is 0.328 e. The van der Waals surface area contributed by atoms with Gasteiger partial charge in [-0.15, -0.1) is 0 Å². The van der Waals surface area contributed by atoms with E-state index in [0.29, 0.717) is 35.8 Å². The summed E-state index contributed by atoms with van der Waals surface area (Å²) < 4.78 is 0. The van der Waals surface area contributed by atoms with Gasteiger partial charge in [0.2, 0.25) is 0 Å². The van der Waals surface area contributed by atoms with Crippen LogP contribution in [0.1, 0.15) is 45.6 Å². The SMILES string of the molecule is C/C(=C\C(=O)O)c1ccc(N(CCCCCO)CC(C)C)c([N+](=O)[O-])c1. The molecular formula is C19H28N2O5. The van der Waals surface area contributed by atoms with Crippen molar-refractivity contribution in [2.24, 2.45) is 5.92 Å². The third kappa shape index (κ3) is 6.84. The molecule has 1 aromatic carbocycles. The van der Waals surface area contributed by atoms with Crippen molar-refractivity contribution in [2.45, 2.75) is 40.0 Å². The van der Waals surface area contributed by atoms with Gasteiger partial charge in [-0.05, 0) is 49.3 Å². The molecule has 0 aromatic heterocycles. The lowest BCUT2D eigenvalue weighted by Gasteiger charge is -2.26. The maximum absolute atomic E-state index is 11.6. The number of nitro groups is 1. The first-order valence-electron chi connectivity index (χ1n) is 8.82. The van der Waals surface area contributed by atoms with E-state index in [9.17, 15) is 14.9 Å². The van der Waals surface area contributed by atoms with Crippen molar-refractivity contribution in [2.75, 3.05) is 24.6 Å². The van der Waals surface area contributed by atoms with Crippen molar-refractivity contribution in [3.63, 3.8) is 0 Å². The van der Waals surface area contributed by atoms with E-state index in [1.54, 1.807) is 19.1 Å². The van der Waals surface area contributed by atoms with Crippen molar-refractivity contribution in [1.29, 1.82) is 0 Å². The normalized spacial score (nSPS) is 11.7. The highest BCUT2D eigenvalue weighted by molar-refractivity contribution is 5.90. The van der Waals surface area contributed by atoms with Crippen LogP contribution < -0.4 is 4.90 Å². The molecule has 7 nitrogen and oxygen atoms in total. The van der Waals surface area contributed by atoms with E-state index in [0.717, 1.165) is 25.3 Å². The van der Waals surface area contributed by atoms with E-state index < -0.39 is 10.9 Å². The predicted octanol–water partition coefficient (Wildman–Crippen LogP) is 3.71. The van der Waals surface area contributed by atoms with Crippen LogP contribution in [0.2, 0.25) is 0 Å². The summed E-state index contributed by atoms with van der Waals surface area (Å²) in [6.07, 6.45) is 3.46. The number of hydrogen-bond donors (Lipinski definition) is 2. The number of aliphatic carboxylic acids is 1. The molecule has 0 fully saturated rings. The van der Waals surface area contributed by atoms with E-state index in [1.165, 1.54) is 6.07 Å². The lowest BCUT2D eigenvalue weighted by atomic mass is 10.0. The number of anilines is 1. The van der Waals surface area contributed by atoms with E-state index >= 15 is 0 Å². The molecule has 0 bridgehead atoms. The van der Waals surface area contributed by atoms with Gasteiger partial charge >= 0.3 is 5.97 Å². The first-order valence-corrected chi connectivity index (χ1v) is 8.82. The molecule has 1 rings (SSSR count). The second-order valence-corrected chi connectivity index (χ2v) is 6.75. The Labute approximate surface area is 154 Å². The zero-order valence-electron chi connectivity index (χ0n) is 15.6. The molecule has 0 saturated heterocycles. The molecule has 2 N–H and O–H groups in total.